The van der Waals surface area contributed by atoms with Crippen molar-refractivity contribution in [1.82, 2.24) is 4.98 Å². The average molecular weight is 257 g/mol. The van der Waals surface area contributed by atoms with Gasteiger partial charge in [-0.3, -0.25) is 4.98 Å². The van der Waals surface area contributed by atoms with Crippen LogP contribution in [-0.4, -0.2) is 4.98 Å². The summed E-state index contributed by atoms with van der Waals surface area (Å²) in [5.74, 6) is 0. The smallest absolute Gasteiger partial charge is 0.105 e. The van der Waals surface area contributed by atoms with Crippen LogP contribution in [0, 0.1) is 3.70 Å². The molecule has 0 saturated heterocycles. The van der Waals surface area contributed by atoms with E-state index in [4.69, 9.17) is 0 Å². The Hall–Kier alpha value is -0.380. The van der Waals surface area contributed by atoms with Gasteiger partial charge >= 0.3 is 0 Å². The zero-order valence-electron chi connectivity index (χ0n) is 6.05. The SMILES string of the molecule is Ic1nccc2c1CCC=C2. The summed E-state index contributed by atoms with van der Waals surface area (Å²) < 4.78 is 1.16. The van der Waals surface area contributed by atoms with E-state index in [1.165, 1.54) is 11.1 Å². The number of halogens is 1. The minimum atomic E-state index is 1.15. The first-order valence-electron chi connectivity index (χ1n) is 3.68. The molecule has 0 fully saturated rings. The fourth-order valence-electron chi connectivity index (χ4n) is 1.32. The van der Waals surface area contributed by atoms with Crippen molar-refractivity contribution in [3.8, 4) is 0 Å². The van der Waals surface area contributed by atoms with Gasteiger partial charge in [0.05, 0.1) is 0 Å². The lowest BCUT2D eigenvalue weighted by Crippen LogP contribution is -1.98. The second-order valence-corrected chi connectivity index (χ2v) is 3.63. The lowest BCUT2D eigenvalue weighted by molar-refractivity contribution is 0.956. The summed E-state index contributed by atoms with van der Waals surface area (Å²) in [6.07, 6.45) is 8.59. The molecule has 0 spiro atoms. The molecule has 1 heterocycles. The fraction of sp³-hybridized carbons (Fsp3) is 0.222. The number of hydrogen-bond acceptors (Lipinski definition) is 1. The highest BCUT2D eigenvalue weighted by molar-refractivity contribution is 14.1. The van der Waals surface area contributed by atoms with Crippen LogP contribution < -0.4 is 0 Å². The third-order valence-electron chi connectivity index (χ3n) is 1.90. The van der Waals surface area contributed by atoms with Gasteiger partial charge in [0.2, 0.25) is 0 Å². The maximum absolute atomic E-state index is 4.25. The van der Waals surface area contributed by atoms with E-state index in [0.29, 0.717) is 0 Å². The highest BCUT2D eigenvalue weighted by Crippen LogP contribution is 2.21. The zero-order valence-corrected chi connectivity index (χ0v) is 8.21. The molecule has 0 bridgehead atoms. The van der Waals surface area contributed by atoms with E-state index in [1.54, 1.807) is 0 Å². The summed E-state index contributed by atoms with van der Waals surface area (Å²) in [4.78, 5) is 4.25. The van der Waals surface area contributed by atoms with Crippen LogP contribution in [0.4, 0.5) is 0 Å². The molecular formula is C9H8IN. The topological polar surface area (TPSA) is 12.9 Å². The highest BCUT2D eigenvalue weighted by Gasteiger charge is 2.07. The van der Waals surface area contributed by atoms with Gasteiger partial charge in [-0.05, 0) is 52.6 Å². The molecule has 0 saturated carbocycles. The molecule has 0 N–H and O–H groups in total. The third kappa shape index (κ3) is 1.31. The number of allylic oxidation sites excluding steroid dienone is 1. The number of aromatic nitrogens is 1. The maximum atomic E-state index is 4.25. The highest BCUT2D eigenvalue weighted by atomic mass is 127. The number of rotatable bonds is 0. The van der Waals surface area contributed by atoms with Crippen molar-refractivity contribution in [2.75, 3.05) is 0 Å². The summed E-state index contributed by atoms with van der Waals surface area (Å²) in [6, 6.07) is 2.08. The summed E-state index contributed by atoms with van der Waals surface area (Å²) in [5, 5.41) is 0. The normalized spacial score (nSPS) is 14.6. The molecule has 1 aromatic rings. The Balaban J connectivity index is 2.60. The molecule has 11 heavy (non-hydrogen) atoms. The van der Waals surface area contributed by atoms with Gasteiger partial charge in [0.25, 0.3) is 0 Å². The molecule has 1 aromatic heterocycles. The molecule has 1 aliphatic rings. The van der Waals surface area contributed by atoms with Gasteiger partial charge in [0.1, 0.15) is 3.70 Å². The van der Waals surface area contributed by atoms with E-state index in [1.807, 2.05) is 6.20 Å². The Bertz CT molecular complexity index is 304. The van der Waals surface area contributed by atoms with Gasteiger partial charge in [-0.15, -0.1) is 0 Å². The standard InChI is InChI=1S/C9H8IN/c10-9-8-4-2-1-3-7(8)5-6-11-9/h1,3,5-6H,2,4H2. The van der Waals surface area contributed by atoms with E-state index < -0.39 is 0 Å². The monoisotopic (exact) mass is 257 g/mol. The van der Waals surface area contributed by atoms with Crippen LogP contribution in [0.25, 0.3) is 6.08 Å². The van der Waals surface area contributed by atoms with Gasteiger partial charge in [-0.2, -0.15) is 0 Å². The molecule has 0 amide bonds. The van der Waals surface area contributed by atoms with E-state index in [0.717, 1.165) is 16.5 Å². The number of nitrogens with zero attached hydrogens (tertiary/aromatic N) is 1. The number of hydrogen-bond donors (Lipinski definition) is 0. The van der Waals surface area contributed by atoms with Crippen molar-refractivity contribution >= 4 is 28.7 Å². The first kappa shape index (κ1) is 7.28. The number of fused-ring (bicyclic) bond motifs is 1. The Morgan fingerprint density at radius 2 is 2.36 bits per heavy atom. The predicted octanol–water partition coefficient (Wildman–Crippen LogP) is 2.65. The van der Waals surface area contributed by atoms with Crippen LogP contribution >= 0.6 is 22.6 Å². The van der Waals surface area contributed by atoms with Crippen LogP contribution in [-0.2, 0) is 6.42 Å². The quantitative estimate of drug-likeness (QED) is 0.514. The molecule has 1 nitrogen and oxygen atoms in total. The second kappa shape index (κ2) is 2.93. The number of pyridine rings is 1. The predicted molar refractivity (Wildman–Crippen MR) is 54.3 cm³/mol. The van der Waals surface area contributed by atoms with Crippen molar-refractivity contribution in [3.05, 3.63) is 33.2 Å². The van der Waals surface area contributed by atoms with Crippen molar-refractivity contribution in [1.29, 1.82) is 0 Å². The summed E-state index contributed by atoms with van der Waals surface area (Å²) in [6.45, 7) is 0. The van der Waals surface area contributed by atoms with E-state index >= 15 is 0 Å². The minimum Gasteiger partial charge on any atom is -0.250 e. The van der Waals surface area contributed by atoms with Crippen LogP contribution in [0.5, 0.6) is 0 Å². The van der Waals surface area contributed by atoms with Crippen LogP contribution in [0.3, 0.4) is 0 Å². The second-order valence-electron chi connectivity index (χ2n) is 2.61. The van der Waals surface area contributed by atoms with Gasteiger partial charge < -0.3 is 0 Å². The molecule has 0 aromatic carbocycles. The lowest BCUT2D eigenvalue weighted by Gasteiger charge is -2.10. The van der Waals surface area contributed by atoms with Crippen molar-refractivity contribution < 1.29 is 0 Å². The third-order valence-corrected chi connectivity index (χ3v) is 2.83. The van der Waals surface area contributed by atoms with Crippen molar-refractivity contribution in [3.63, 3.8) is 0 Å². The molecule has 56 valence electrons. The maximum Gasteiger partial charge on any atom is 0.105 e. The fourth-order valence-corrected chi connectivity index (χ4v) is 2.06. The van der Waals surface area contributed by atoms with Crippen molar-refractivity contribution in [2.45, 2.75) is 12.8 Å². The Morgan fingerprint density at radius 1 is 1.45 bits per heavy atom. The Kier molecular flexibility index (Phi) is 1.94. The molecule has 0 atom stereocenters. The van der Waals surface area contributed by atoms with Crippen LogP contribution in [0.1, 0.15) is 17.5 Å². The minimum absolute atomic E-state index is 1.15. The van der Waals surface area contributed by atoms with Gasteiger partial charge in [0, 0.05) is 6.20 Å². The molecule has 0 radical (unpaired) electrons. The summed E-state index contributed by atoms with van der Waals surface area (Å²) >= 11 is 2.30. The largest absolute Gasteiger partial charge is 0.250 e. The van der Waals surface area contributed by atoms with Crippen molar-refractivity contribution in [2.24, 2.45) is 0 Å². The van der Waals surface area contributed by atoms with E-state index in [2.05, 4.69) is 45.8 Å². The summed E-state index contributed by atoms with van der Waals surface area (Å²) in [7, 11) is 0. The van der Waals surface area contributed by atoms with Gasteiger partial charge in [0.15, 0.2) is 0 Å². The van der Waals surface area contributed by atoms with Crippen LogP contribution in [0.15, 0.2) is 18.3 Å². The van der Waals surface area contributed by atoms with E-state index in [9.17, 15) is 0 Å². The molecule has 2 heteroatoms. The first-order valence-corrected chi connectivity index (χ1v) is 4.76. The van der Waals surface area contributed by atoms with E-state index in [-0.39, 0.29) is 0 Å². The Morgan fingerprint density at radius 3 is 3.18 bits per heavy atom. The zero-order chi connectivity index (χ0) is 7.68. The lowest BCUT2D eigenvalue weighted by atomic mass is 10.0. The molecular weight excluding hydrogens is 249 g/mol. The van der Waals surface area contributed by atoms with Gasteiger partial charge in [-0.1, -0.05) is 12.2 Å². The molecule has 0 aliphatic heterocycles. The first-order chi connectivity index (χ1) is 5.38. The average Bonchev–Trinajstić information content (AvgIpc) is 2.06. The Labute approximate surface area is 79.7 Å². The van der Waals surface area contributed by atoms with Crippen LogP contribution in [0.2, 0.25) is 0 Å². The molecule has 2 rings (SSSR count). The van der Waals surface area contributed by atoms with Gasteiger partial charge in [-0.25, -0.2) is 0 Å². The molecule has 0 unspecified atom stereocenters. The molecule has 1 aliphatic carbocycles. The summed E-state index contributed by atoms with van der Waals surface area (Å²) in [5.41, 5.74) is 2.76.